The normalized spacial score (nSPS) is 20.2. The van der Waals surface area contributed by atoms with Crippen LogP contribution in [-0.2, 0) is 14.8 Å². The van der Waals surface area contributed by atoms with Crippen molar-refractivity contribution in [3.05, 3.63) is 29.3 Å². The molecule has 1 atom stereocenters. The Kier molecular flexibility index (Phi) is 4.04. The Morgan fingerprint density at radius 3 is 2.83 bits per heavy atom. The lowest BCUT2D eigenvalue weighted by molar-refractivity contribution is 0.114. The SMILES string of the molecule is Cc1ccc(C)c(S(=O)(=O)NCC2CCCO2)c1. The third-order valence-electron chi connectivity index (χ3n) is 3.16. The number of benzene rings is 1. The van der Waals surface area contributed by atoms with Crippen LogP contribution in [0.1, 0.15) is 24.0 Å². The molecule has 0 saturated carbocycles. The molecule has 18 heavy (non-hydrogen) atoms. The number of sulfonamides is 1. The van der Waals surface area contributed by atoms with Crippen LogP contribution in [0, 0.1) is 13.8 Å². The van der Waals surface area contributed by atoms with E-state index in [4.69, 9.17) is 4.74 Å². The Balaban J connectivity index is 2.12. The highest BCUT2D eigenvalue weighted by atomic mass is 32.2. The van der Waals surface area contributed by atoms with E-state index in [9.17, 15) is 8.42 Å². The second-order valence-electron chi connectivity index (χ2n) is 4.76. The third kappa shape index (κ3) is 3.10. The summed E-state index contributed by atoms with van der Waals surface area (Å²) in [5.41, 5.74) is 1.71. The molecule has 4 nitrogen and oxygen atoms in total. The quantitative estimate of drug-likeness (QED) is 0.906. The summed E-state index contributed by atoms with van der Waals surface area (Å²) >= 11 is 0. The summed E-state index contributed by atoms with van der Waals surface area (Å²) in [6.07, 6.45) is 1.95. The average molecular weight is 269 g/mol. The van der Waals surface area contributed by atoms with Gasteiger partial charge >= 0.3 is 0 Å². The van der Waals surface area contributed by atoms with Crippen molar-refractivity contribution in [1.29, 1.82) is 0 Å². The molecule has 100 valence electrons. The molecule has 2 rings (SSSR count). The topological polar surface area (TPSA) is 55.4 Å². The Hall–Kier alpha value is -0.910. The van der Waals surface area contributed by atoms with Gasteiger partial charge in [-0.2, -0.15) is 0 Å². The molecule has 0 aliphatic carbocycles. The summed E-state index contributed by atoms with van der Waals surface area (Å²) in [7, 11) is -3.43. The zero-order valence-corrected chi connectivity index (χ0v) is 11.6. The van der Waals surface area contributed by atoms with Gasteiger partial charge in [-0.15, -0.1) is 0 Å². The minimum atomic E-state index is -3.43. The lowest BCUT2D eigenvalue weighted by Crippen LogP contribution is -2.32. The van der Waals surface area contributed by atoms with E-state index in [0.717, 1.165) is 30.6 Å². The third-order valence-corrected chi connectivity index (χ3v) is 4.72. The van der Waals surface area contributed by atoms with Gasteiger partial charge in [-0.25, -0.2) is 13.1 Å². The Labute approximate surface area is 108 Å². The van der Waals surface area contributed by atoms with E-state index in [2.05, 4.69) is 4.72 Å². The number of hydrogen-bond acceptors (Lipinski definition) is 3. The van der Waals surface area contributed by atoms with Crippen LogP contribution in [-0.4, -0.2) is 27.7 Å². The Morgan fingerprint density at radius 2 is 2.17 bits per heavy atom. The Bertz CT molecular complexity index is 519. The summed E-state index contributed by atoms with van der Waals surface area (Å²) in [6, 6.07) is 5.44. The van der Waals surface area contributed by atoms with Crippen LogP contribution in [0.4, 0.5) is 0 Å². The van der Waals surface area contributed by atoms with E-state index >= 15 is 0 Å². The van der Waals surface area contributed by atoms with Crippen molar-refractivity contribution >= 4 is 10.0 Å². The van der Waals surface area contributed by atoms with Crippen LogP contribution in [0.2, 0.25) is 0 Å². The molecular formula is C13H19NO3S. The first-order valence-corrected chi connectivity index (χ1v) is 7.66. The molecule has 0 spiro atoms. The molecule has 1 aromatic rings. The number of aryl methyl sites for hydroxylation is 2. The van der Waals surface area contributed by atoms with Gasteiger partial charge in [-0.05, 0) is 43.9 Å². The van der Waals surface area contributed by atoms with Crippen LogP contribution in [0.25, 0.3) is 0 Å². The van der Waals surface area contributed by atoms with Crippen molar-refractivity contribution < 1.29 is 13.2 Å². The summed E-state index contributed by atoms with van der Waals surface area (Å²) in [5, 5.41) is 0. The lowest BCUT2D eigenvalue weighted by Gasteiger charge is -2.13. The molecule has 1 heterocycles. The average Bonchev–Trinajstić information content (AvgIpc) is 2.83. The van der Waals surface area contributed by atoms with E-state index in [1.54, 1.807) is 13.0 Å². The Morgan fingerprint density at radius 1 is 1.39 bits per heavy atom. The molecular weight excluding hydrogens is 250 g/mol. The maximum atomic E-state index is 12.2. The summed E-state index contributed by atoms with van der Waals surface area (Å²) < 4.78 is 32.4. The molecule has 1 saturated heterocycles. The number of rotatable bonds is 4. The van der Waals surface area contributed by atoms with Gasteiger partial charge in [-0.1, -0.05) is 12.1 Å². The predicted octanol–water partition coefficient (Wildman–Crippen LogP) is 1.76. The molecule has 1 aromatic carbocycles. The fourth-order valence-electron chi connectivity index (χ4n) is 2.08. The van der Waals surface area contributed by atoms with Gasteiger partial charge in [-0.3, -0.25) is 0 Å². The predicted molar refractivity (Wildman–Crippen MR) is 70.1 cm³/mol. The monoisotopic (exact) mass is 269 g/mol. The van der Waals surface area contributed by atoms with Crippen molar-refractivity contribution in [1.82, 2.24) is 4.72 Å². The summed E-state index contributed by atoms with van der Waals surface area (Å²) in [6.45, 7) is 4.78. The van der Waals surface area contributed by atoms with Gasteiger partial charge in [0.15, 0.2) is 0 Å². The zero-order chi connectivity index (χ0) is 13.2. The fraction of sp³-hybridized carbons (Fsp3) is 0.538. The highest BCUT2D eigenvalue weighted by Crippen LogP contribution is 2.17. The second-order valence-corrected chi connectivity index (χ2v) is 6.49. The van der Waals surface area contributed by atoms with E-state index in [0.29, 0.717) is 11.4 Å². The maximum absolute atomic E-state index is 12.2. The van der Waals surface area contributed by atoms with Crippen molar-refractivity contribution in [2.24, 2.45) is 0 Å². The first kappa shape index (κ1) is 13.5. The van der Waals surface area contributed by atoms with Crippen molar-refractivity contribution in [2.45, 2.75) is 37.7 Å². The molecule has 1 aliphatic heterocycles. The standard InChI is InChI=1S/C13H19NO3S/c1-10-5-6-11(2)13(8-10)18(15,16)14-9-12-4-3-7-17-12/h5-6,8,12,14H,3-4,7,9H2,1-2H3. The van der Waals surface area contributed by atoms with Crippen LogP contribution >= 0.6 is 0 Å². The molecule has 0 bridgehead atoms. The highest BCUT2D eigenvalue weighted by Gasteiger charge is 2.21. The smallest absolute Gasteiger partial charge is 0.240 e. The van der Waals surface area contributed by atoms with Crippen LogP contribution in [0.3, 0.4) is 0 Å². The van der Waals surface area contributed by atoms with E-state index < -0.39 is 10.0 Å². The number of hydrogen-bond donors (Lipinski definition) is 1. The molecule has 5 heteroatoms. The first-order chi connectivity index (χ1) is 8.49. The molecule has 1 fully saturated rings. The number of ether oxygens (including phenoxy) is 1. The summed E-state index contributed by atoms with van der Waals surface area (Å²) in [5.74, 6) is 0. The number of nitrogens with one attached hydrogen (secondary N) is 1. The fourth-order valence-corrected chi connectivity index (χ4v) is 3.48. The van der Waals surface area contributed by atoms with Gasteiger partial charge in [0.1, 0.15) is 0 Å². The van der Waals surface area contributed by atoms with Crippen molar-refractivity contribution in [3.8, 4) is 0 Å². The minimum absolute atomic E-state index is 0.0184. The molecule has 0 amide bonds. The minimum Gasteiger partial charge on any atom is -0.377 e. The van der Waals surface area contributed by atoms with E-state index in [1.165, 1.54) is 0 Å². The van der Waals surface area contributed by atoms with Crippen molar-refractivity contribution in [2.75, 3.05) is 13.2 Å². The highest BCUT2D eigenvalue weighted by molar-refractivity contribution is 7.89. The van der Waals surface area contributed by atoms with E-state index in [1.807, 2.05) is 19.1 Å². The van der Waals surface area contributed by atoms with Gasteiger partial charge in [0, 0.05) is 13.2 Å². The largest absolute Gasteiger partial charge is 0.377 e. The lowest BCUT2D eigenvalue weighted by atomic mass is 10.2. The van der Waals surface area contributed by atoms with Crippen LogP contribution < -0.4 is 4.72 Å². The van der Waals surface area contributed by atoms with Crippen LogP contribution in [0.15, 0.2) is 23.1 Å². The van der Waals surface area contributed by atoms with Crippen molar-refractivity contribution in [3.63, 3.8) is 0 Å². The molecule has 0 radical (unpaired) electrons. The van der Waals surface area contributed by atoms with Gasteiger partial charge in [0.25, 0.3) is 0 Å². The molecule has 1 aliphatic rings. The zero-order valence-electron chi connectivity index (χ0n) is 10.8. The van der Waals surface area contributed by atoms with Gasteiger partial charge < -0.3 is 4.74 Å². The molecule has 0 aromatic heterocycles. The molecule has 1 N–H and O–H groups in total. The first-order valence-electron chi connectivity index (χ1n) is 6.17. The van der Waals surface area contributed by atoms with Gasteiger partial charge in [0.05, 0.1) is 11.0 Å². The van der Waals surface area contributed by atoms with E-state index in [-0.39, 0.29) is 6.10 Å². The molecule has 1 unspecified atom stereocenters. The maximum Gasteiger partial charge on any atom is 0.240 e. The second kappa shape index (κ2) is 5.38. The van der Waals surface area contributed by atoms with Gasteiger partial charge in [0.2, 0.25) is 10.0 Å². The van der Waals surface area contributed by atoms with Crippen LogP contribution in [0.5, 0.6) is 0 Å². The summed E-state index contributed by atoms with van der Waals surface area (Å²) in [4.78, 5) is 0.362.